The van der Waals surface area contributed by atoms with Crippen LogP contribution in [0.15, 0.2) is 21.4 Å². The minimum absolute atomic E-state index is 0.132. The Morgan fingerprint density at radius 2 is 2.38 bits per heavy atom. The van der Waals surface area contributed by atoms with Crippen LogP contribution in [0.5, 0.6) is 0 Å². The molecule has 2 aromatic rings. The first-order valence-corrected chi connectivity index (χ1v) is 8.28. The average molecular weight is 328 g/mol. The van der Waals surface area contributed by atoms with Crippen molar-refractivity contribution in [2.75, 3.05) is 19.5 Å². The topological polar surface area (TPSA) is 81.4 Å². The monoisotopic (exact) mass is 328 g/mol. The van der Waals surface area contributed by atoms with Gasteiger partial charge in [0.25, 0.3) is 5.56 Å². The average Bonchev–Trinajstić information content (AvgIpc) is 2.92. The number of thiophene rings is 1. The van der Waals surface area contributed by atoms with E-state index in [0.29, 0.717) is 28.4 Å². The van der Waals surface area contributed by atoms with Crippen molar-refractivity contribution in [1.82, 2.24) is 9.55 Å². The number of aromatic nitrogens is 2. The number of fused-ring (bicyclic) bond motifs is 1. The van der Waals surface area contributed by atoms with Gasteiger partial charge < -0.3 is 9.84 Å². The van der Waals surface area contributed by atoms with Crippen LogP contribution in [0.1, 0.15) is 19.4 Å². The van der Waals surface area contributed by atoms with Crippen LogP contribution >= 0.6 is 23.1 Å². The number of aliphatic carboxylic acids is 1. The van der Waals surface area contributed by atoms with Gasteiger partial charge >= 0.3 is 5.97 Å². The molecule has 0 saturated heterocycles. The van der Waals surface area contributed by atoms with Crippen LogP contribution in [0.3, 0.4) is 0 Å². The van der Waals surface area contributed by atoms with E-state index in [-0.39, 0.29) is 17.4 Å². The Balaban J connectivity index is 2.56. The van der Waals surface area contributed by atoms with Crippen molar-refractivity contribution in [2.24, 2.45) is 0 Å². The summed E-state index contributed by atoms with van der Waals surface area (Å²) in [4.78, 5) is 28.5. The largest absolute Gasteiger partial charge is 0.481 e. The van der Waals surface area contributed by atoms with Gasteiger partial charge in [0, 0.05) is 7.11 Å². The summed E-state index contributed by atoms with van der Waals surface area (Å²) in [5.41, 5.74) is -0.141. The van der Waals surface area contributed by atoms with E-state index < -0.39 is 5.97 Å². The maximum absolute atomic E-state index is 12.6. The van der Waals surface area contributed by atoms with Crippen LogP contribution in [-0.2, 0) is 9.53 Å². The van der Waals surface area contributed by atoms with Crippen LogP contribution in [0.4, 0.5) is 0 Å². The number of rotatable bonds is 7. The third-order valence-corrected chi connectivity index (χ3v) is 4.76. The Hall–Kier alpha value is -1.38. The van der Waals surface area contributed by atoms with Gasteiger partial charge in [-0.1, -0.05) is 18.7 Å². The number of carboxylic acids is 1. The molecule has 2 rings (SSSR count). The Morgan fingerprint density at radius 3 is 3.00 bits per heavy atom. The smallest absolute Gasteiger partial charge is 0.313 e. The second-order valence-electron chi connectivity index (χ2n) is 4.41. The van der Waals surface area contributed by atoms with Crippen molar-refractivity contribution in [3.05, 3.63) is 21.8 Å². The standard InChI is InChI=1S/C13H16N2O4S2/c1-3-8(6-19-2)15-12(18)9-4-5-20-11(9)14-13(15)21-7-10(16)17/h4-5,8H,3,6-7H2,1-2H3,(H,16,17). The number of methoxy groups -OCH3 is 1. The zero-order valence-corrected chi connectivity index (χ0v) is 13.4. The zero-order valence-electron chi connectivity index (χ0n) is 11.7. The fourth-order valence-corrected chi connectivity index (χ4v) is 3.62. The van der Waals surface area contributed by atoms with Gasteiger partial charge in [-0.05, 0) is 17.9 Å². The summed E-state index contributed by atoms with van der Waals surface area (Å²) in [6, 6.07) is 1.59. The van der Waals surface area contributed by atoms with E-state index in [1.165, 1.54) is 11.3 Å². The Morgan fingerprint density at radius 1 is 1.62 bits per heavy atom. The van der Waals surface area contributed by atoms with Crippen LogP contribution in [0.2, 0.25) is 0 Å². The predicted octanol–water partition coefficient (Wildman–Crippen LogP) is 2.23. The van der Waals surface area contributed by atoms with Gasteiger partial charge in [0.15, 0.2) is 5.16 Å². The number of carboxylic acid groups (broad SMARTS) is 1. The lowest BCUT2D eigenvalue weighted by Gasteiger charge is -2.20. The first kappa shape index (κ1) is 16.0. The lowest BCUT2D eigenvalue weighted by Crippen LogP contribution is -2.29. The van der Waals surface area contributed by atoms with Crippen molar-refractivity contribution in [2.45, 2.75) is 24.5 Å². The molecule has 21 heavy (non-hydrogen) atoms. The highest BCUT2D eigenvalue weighted by Gasteiger charge is 2.19. The van der Waals surface area contributed by atoms with Crippen molar-refractivity contribution >= 4 is 39.3 Å². The van der Waals surface area contributed by atoms with Gasteiger partial charge in [-0.3, -0.25) is 14.2 Å². The maximum atomic E-state index is 12.6. The molecule has 0 aliphatic heterocycles. The molecule has 0 amide bonds. The van der Waals surface area contributed by atoms with E-state index in [1.54, 1.807) is 17.7 Å². The molecule has 0 aromatic carbocycles. The quantitative estimate of drug-likeness (QED) is 0.620. The van der Waals surface area contributed by atoms with Gasteiger partial charge in [0.1, 0.15) is 4.83 Å². The van der Waals surface area contributed by atoms with Crippen molar-refractivity contribution in [3.63, 3.8) is 0 Å². The molecule has 2 heterocycles. The Kier molecular flexibility index (Phi) is 5.38. The fourth-order valence-electron chi connectivity index (χ4n) is 2.03. The van der Waals surface area contributed by atoms with Crippen molar-refractivity contribution in [1.29, 1.82) is 0 Å². The second-order valence-corrected chi connectivity index (χ2v) is 6.25. The van der Waals surface area contributed by atoms with Gasteiger partial charge in [-0.25, -0.2) is 4.98 Å². The highest BCUT2D eigenvalue weighted by atomic mass is 32.2. The minimum atomic E-state index is -0.938. The van der Waals surface area contributed by atoms with Crippen LogP contribution in [-0.4, -0.2) is 40.1 Å². The third-order valence-electron chi connectivity index (χ3n) is 3.02. The van der Waals surface area contributed by atoms with Gasteiger partial charge in [0.05, 0.1) is 23.8 Å². The number of ether oxygens (including phenoxy) is 1. The zero-order chi connectivity index (χ0) is 15.4. The van der Waals surface area contributed by atoms with E-state index in [9.17, 15) is 9.59 Å². The summed E-state index contributed by atoms with van der Waals surface area (Å²) in [5, 5.41) is 11.7. The fraction of sp³-hybridized carbons (Fsp3) is 0.462. The summed E-state index contributed by atoms with van der Waals surface area (Å²) in [6.45, 7) is 2.34. The Bertz CT molecular complexity index is 695. The molecule has 0 spiro atoms. The molecule has 0 aliphatic carbocycles. The van der Waals surface area contributed by atoms with E-state index in [2.05, 4.69) is 4.98 Å². The van der Waals surface area contributed by atoms with Crippen LogP contribution in [0.25, 0.3) is 10.2 Å². The molecule has 0 radical (unpaired) electrons. The summed E-state index contributed by atoms with van der Waals surface area (Å²) in [7, 11) is 1.58. The first-order valence-electron chi connectivity index (χ1n) is 6.41. The van der Waals surface area contributed by atoms with E-state index in [0.717, 1.165) is 11.8 Å². The SMILES string of the molecule is CCC(COC)n1c(SCC(=O)O)nc2sccc2c1=O. The molecule has 114 valence electrons. The number of thioether (sulfide) groups is 1. The molecular weight excluding hydrogens is 312 g/mol. The molecule has 8 heteroatoms. The number of nitrogens with zero attached hydrogens (tertiary/aromatic N) is 2. The summed E-state index contributed by atoms with van der Waals surface area (Å²) in [6.07, 6.45) is 0.700. The van der Waals surface area contributed by atoms with Crippen molar-refractivity contribution in [3.8, 4) is 0 Å². The van der Waals surface area contributed by atoms with Crippen molar-refractivity contribution < 1.29 is 14.6 Å². The lowest BCUT2D eigenvalue weighted by atomic mass is 10.2. The second kappa shape index (κ2) is 7.06. The maximum Gasteiger partial charge on any atom is 0.313 e. The molecule has 2 aromatic heterocycles. The highest BCUT2D eigenvalue weighted by molar-refractivity contribution is 7.99. The van der Waals surface area contributed by atoms with Gasteiger partial charge in [-0.15, -0.1) is 11.3 Å². The van der Waals surface area contributed by atoms with E-state index in [4.69, 9.17) is 9.84 Å². The van der Waals surface area contributed by atoms with E-state index >= 15 is 0 Å². The van der Waals surface area contributed by atoms with Crippen LogP contribution < -0.4 is 5.56 Å². The highest BCUT2D eigenvalue weighted by Crippen LogP contribution is 2.24. The molecule has 0 bridgehead atoms. The molecule has 0 fully saturated rings. The summed E-state index contributed by atoms with van der Waals surface area (Å²) >= 11 is 2.44. The Labute approximate surface area is 129 Å². The van der Waals surface area contributed by atoms with Gasteiger partial charge in [-0.2, -0.15) is 0 Å². The third kappa shape index (κ3) is 3.45. The molecule has 0 saturated carbocycles. The van der Waals surface area contributed by atoms with Gasteiger partial charge in [0.2, 0.25) is 0 Å². The minimum Gasteiger partial charge on any atom is -0.481 e. The normalized spacial score (nSPS) is 12.7. The number of hydrogen-bond acceptors (Lipinski definition) is 6. The summed E-state index contributed by atoms with van der Waals surface area (Å²) < 4.78 is 6.73. The molecule has 6 nitrogen and oxygen atoms in total. The number of carbonyl (C=O) groups is 1. The molecule has 1 unspecified atom stereocenters. The lowest BCUT2D eigenvalue weighted by molar-refractivity contribution is -0.133. The molecule has 0 aliphatic rings. The van der Waals surface area contributed by atoms with Crippen LogP contribution in [0, 0.1) is 0 Å². The molecular formula is C13H16N2O4S2. The van der Waals surface area contributed by atoms with E-state index in [1.807, 2.05) is 12.3 Å². The first-order chi connectivity index (χ1) is 10.1. The summed E-state index contributed by atoms with van der Waals surface area (Å²) in [5.74, 6) is -1.07. The molecule has 1 N–H and O–H groups in total. The molecule has 1 atom stereocenters. The predicted molar refractivity (Wildman–Crippen MR) is 83.4 cm³/mol. The number of hydrogen-bond donors (Lipinski definition) is 1.